The molecule has 0 spiro atoms. The van der Waals surface area contributed by atoms with E-state index in [9.17, 15) is 9.59 Å². The number of nitrogens with zero attached hydrogens (tertiary/aromatic N) is 6. The van der Waals surface area contributed by atoms with Crippen LogP contribution in [0.2, 0.25) is 0 Å². The summed E-state index contributed by atoms with van der Waals surface area (Å²) in [7, 11) is 1.80. The van der Waals surface area contributed by atoms with Crippen LogP contribution in [0.5, 0.6) is 0 Å². The smallest absolute Gasteiger partial charge is 0.276 e. The molecule has 0 atom stereocenters. The van der Waals surface area contributed by atoms with Gasteiger partial charge in [0.2, 0.25) is 0 Å². The minimum atomic E-state index is -0.380. The van der Waals surface area contributed by atoms with Gasteiger partial charge in [-0.3, -0.25) is 19.0 Å². The summed E-state index contributed by atoms with van der Waals surface area (Å²) in [4.78, 5) is 26.3. The number of hydrogen-bond donors (Lipinski definition) is 2. The van der Waals surface area contributed by atoms with E-state index in [1.165, 1.54) is 6.20 Å². The minimum absolute atomic E-state index is 0.264. The molecule has 0 aliphatic heterocycles. The van der Waals surface area contributed by atoms with Crippen molar-refractivity contribution in [2.75, 3.05) is 10.6 Å². The van der Waals surface area contributed by atoms with Gasteiger partial charge in [-0.25, -0.2) is 4.68 Å². The first-order chi connectivity index (χ1) is 15.8. The molecule has 0 unspecified atom stereocenters. The van der Waals surface area contributed by atoms with Crippen LogP contribution < -0.4 is 10.6 Å². The Balaban J connectivity index is 1.63. The third-order valence-corrected chi connectivity index (χ3v) is 5.60. The number of benzene rings is 1. The van der Waals surface area contributed by atoms with E-state index in [-0.39, 0.29) is 17.5 Å². The lowest BCUT2D eigenvalue weighted by molar-refractivity contribution is 0.101. The number of anilines is 2. The Kier molecular flexibility index (Phi) is 5.82. The number of nitrogens with one attached hydrogen (secondary N) is 2. The summed E-state index contributed by atoms with van der Waals surface area (Å²) < 4.78 is 4.95. The fourth-order valence-corrected chi connectivity index (χ4v) is 3.74. The molecule has 0 bridgehead atoms. The topological polar surface area (TPSA) is 112 Å². The van der Waals surface area contributed by atoms with E-state index in [1.807, 2.05) is 51.1 Å². The van der Waals surface area contributed by atoms with Crippen LogP contribution in [0.3, 0.4) is 0 Å². The Bertz CT molecular complexity index is 1330. The van der Waals surface area contributed by atoms with Crippen molar-refractivity contribution in [1.29, 1.82) is 0 Å². The molecule has 3 heterocycles. The number of aromatic nitrogens is 6. The summed E-state index contributed by atoms with van der Waals surface area (Å²) in [5.74, 6) is -0.733. The molecule has 1 aromatic carbocycles. The SMILES string of the molecule is CCn1ncc(NC(=O)c2c(C)nn(-c3ccccc3)c2C)c1C(=O)Nc1cnn(C)c1C. The molecule has 10 nitrogen and oxygen atoms in total. The van der Waals surface area contributed by atoms with Crippen LogP contribution in [0.15, 0.2) is 42.7 Å². The molecule has 170 valence electrons. The average molecular weight is 447 g/mol. The van der Waals surface area contributed by atoms with Gasteiger partial charge < -0.3 is 10.6 Å². The van der Waals surface area contributed by atoms with E-state index >= 15 is 0 Å². The number of para-hydroxylation sites is 1. The largest absolute Gasteiger partial charge is 0.318 e. The molecular formula is C23H26N8O2. The fraction of sp³-hybridized carbons (Fsp3) is 0.261. The Hall–Kier alpha value is -4.21. The van der Waals surface area contributed by atoms with Gasteiger partial charge in [-0.15, -0.1) is 0 Å². The third-order valence-electron chi connectivity index (χ3n) is 5.60. The lowest BCUT2D eigenvalue weighted by Crippen LogP contribution is -2.21. The standard InChI is InChI=1S/C23H26N8O2/c1-6-30-21(23(33)26-18-12-24-29(5)15(18)3)19(13-25-30)27-22(32)20-14(2)28-31(16(20)4)17-10-8-7-9-11-17/h7-13H,6H2,1-5H3,(H,26,33)(H,27,32). The van der Waals surface area contributed by atoms with Gasteiger partial charge in [-0.05, 0) is 39.8 Å². The minimum Gasteiger partial charge on any atom is -0.318 e. The second kappa shape index (κ2) is 8.73. The third kappa shape index (κ3) is 4.02. The zero-order valence-electron chi connectivity index (χ0n) is 19.2. The molecule has 0 fully saturated rings. The molecule has 2 amide bonds. The van der Waals surface area contributed by atoms with E-state index in [0.717, 1.165) is 11.4 Å². The van der Waals surface area contributed by atoms with Crippen molar-refractivity contribution in [1.82, 2.24) is 29.3 Å². The Morgan fingerprint density at radius 2 is 1.58 bits per heavy atom. The van der Waals surface area contributed by atoms with Gasteiger partial charge in [-0.1, -0.05) is 18.2 Å². The normalized spacial score (nSPS) is 10.9. The van der Waals surface area contributed by atoms with E-state index in [4.69, 9.17) is 0 Å². The van der Waals surface area contributed by atoms with Crippen molar-refractivity contribution in [2.45, 2.75) is 34.2 Å². The Labute approximate surface area is 191 Å². The zero-order chi connectivity index (χ0) is 23.7. The maximum atomic E-state index is 13.2. The van der Waals surface area contributed by atoms with Crippen LogP contribution in [0, 0.1) is 20.8 Å². The van der Waals surface area contributed by atoms with Crippen molar-refractivity contribution >= 4 is 23.2 Å². The Morgan fingerprint density at radius 1 is 0.909 bits per heavy atom. The number of aryl methyl sites for hydroxylation is 3. The molecule has 4 rings (SSSR count). The highest BCUT2D eigenvalue weighted by atomic mass is 16.2. The van der Waals surface area contributed by atoms with E-state index < -0.39 is 0 Å². The highest BCUT2D eigenvalue weighted by Crippen LogP contribution is 2.23. The van der Waals surface area contributed by atoms with Crippen molar-refractivity contribution in [2.24, 2.45) is 7.05 Å². The Morgan fingerprint density at radius 3 is 2.21 bits per heavy atom. The molecule has 0 radical (unpaired) electrons. The second-order valence-corrected chi connectivity index (χ2v) is 7.69. The molecule has 10 heteroatoms. The van der Waals surface area contributed by atoms with Gasteiger partial charge in [0.1, 0.15) is 5.69 Å². The summed E-state index contributed by atoms with van der Waals surface area (Å²) >= 11 is 0. The highest BCUT2D eigenvalue weighted by Gasteiger charge is 2.24. The molecule has 33 heavy (non-hydrogen) atoms. The first-order valence-corrected chi connectivity index (χ1v) is 10.6. The van der Waals surface area contributed by atoms with Gasteiger partial charge in [0.15, 0.2) is 0 Å². The number of rotatable bonds is 6. The lowest BCUT2D eigenvalue weighted by Gasteiger charge is -2.10. The van der Waals surface area contributed by atoms with Crippen LogP contribution >= 0.6 is 0 Å². The van der Waals surface area contributed by atoms with Crippen molar-refractivity contribution < 1.29 is 9.59 Å². The number of carbonyl (C=O) groups excluding carboxylic acids is 2. The fourth-order valence-electron chi connectivity index (χ4n) is 3.74. The quantitative estimate of drug-likeness (QED) is 0.472. The zero-order valence-corrected chi connectivity index (χ0v) is 19.2. The number of amides is 2. The summed E-state index contributed by atoms with van der Waals surface area (Å²) in [6, 6.07) is 9.61. The summed E-state index contributed by atoms with van der Waals surface area (Å²) in [5.41, 5.74) is 4.62. The van der Waals surface area contributed by atoms with E-state index in [2.05, 4.69) is 25.9 Å². The van der Waals surface area contributed by atoms with Gasteiger partial charge in [0.25, 0.3) is 11.8 Å². The predicted octanol–water partition coefficient (Wildman–Crippen LogP) is 3.25. The van der Waals surface area contributed by atoms with Crippen LogP contribution in [-0.2, 0) is 13.6 Å². The maximum absolute atomic E-state index is 13.2. The molecule has 0 aliphatic rings. The lowest BCUT2D eigenvalue weighted by atomic mass is 10.1. The molecule has 0 saturated heterocycles. The molecule has 0 saturated carbocycles. The van der Waals surface area contributed by atoms with Gasteiger partial charge in [-0.2, -0.15) is 15.3 Å². The molecule has 3 aromatic heterocycles. The van der Waals surface area contributed by atoms with Crippen LogP contribution in [0.1, 0.15) is 44.9 Å². The van der Waals surface area contributed by atoms with Crippen LogP contribution in [0.4, 0.5) is 11.4 Å². The summed E-state index contributed by atoms with van der Waals surface area (Å²) in [5, 5.41) is 18.7. The van der Waals surface area contributed by atoms with Crippen LogP contribution in [-0.4, -0.2) is 41.2 Å². The van der Waals surface area contributed by atoms with Crippen molar-refractivity contribution in [3.05, 3.63) is 71.1 Å². The first-order valence-electron chi connectivity index (χ1n) is 10.6. The summed E-state index contributed by atoms with van der Waals surface area (Å²) in [6.07, 6.45) is 3.07. The summed E-state index contributed by atoms with van der Waals surface area (Å²) in [6.45, 7) is 7.84. The van der Waals surface area contributed by atoms with Crippen LogP contribution in [0.25, 0.3) is 5.69 Å². The van der Waals surface area contributed by atoms with Gasteiger partial charge in [0.05, 0.1) is 52.1 Å². The van der Waals surface area contributed by atoms with Gasteiger partial charge in [0, 0.05) is 13.6 Å². The highest BCUT2D eigenvalue weighted by molar-refractivity contribution is 6.12. The van der Waals surface area contributed by atoms with Crippen molar-refractivity contribution in [3.63, 3.8) is 0 Å². The average Bonchev–Trinajstić information content (AvgIpc) is 3.45. The van der Waals surface area contributed by atoms with E-state index in [1.54, 1.807) is 34.2 Å². The molecular weight excluding hydrogens is 420 g/mol. The van der Waals surface area contributed by atoms with E-state index in [0.29, 0.717) is 34.9 Å². The molecule has 4 aromatic rings. The monoisotopic (exact) mass is 446 g/mol. The predicted molar refractivity (Wildman–Crippen MR) is 125 cm³/mol. The first kappa shape index (κ1) is 22.0. The van der Waals surface area contributed by atoms with Crippen molar-refractivity contribution in [3.8, 4) is 5.69 Å². The second-order valence-electron chi connectivity index (χ2n) is 7.69. The van der Waals surface area contributed by atoms with Gasteiger partial charge >= 0.3 is 0 Å². The number of carbonyl (C=O) groups is 2. The molecule has 0 aliphatic carbocycles. The number of hydrogen-bond acceptors (Lipinski definition) is 5. The molecule has 2 N–H and O–H groups in total. The maximum Gasteiger partial charge on any atom is 0.276 e.